The fourth-order valence-electron chi connectivity index (χ4n) is 5.93. The maximum Gasteiger partial charge on any atom is 0.168 e. The van der Waals surface area contributed by atoms with Gasteiger partial charge in [0.25, 0.3) is 0 Å². The Balaban J connectivity index is 1.59. The van der Waals surface area contributed by atoms with Crippen LogP contribution >= 0.6 is 0 Å². The molecule has 6 nitrogen and oxygen atoms in total. The normalized spacial score (nSPS) is 44.5. The van der Waals surface area contributed by atoms with Gasteiger partial charge in [0.2, 0.25) is 0 Å². The summed E-state index contributed by atoms with van der Waals surface area (Å²) in [6, 6.07) is 0.406. The summed E-state index contributed by atoms with van der Waals surface area (Å²) >= 11 is 0. The third-order valence-electron chi connectivity index (χ3n) is 7.43. The maximum atomic E-state index is 13.3. The molecule has 1 saturated carbocycles. The van der Waals surface area contributed by atoms with E-state index < -0.39 is 12.0 Å². The van der Waals surface area contributed by atoms with Crippen LogP contribution in [0.15, 0.2) is 11.1 Å². The molecular formula is C22H33NO5. The van der Waals surface area contributed by atoms with Crippen LogP contribution in [0, 0.1) is 17.8 Å². The van der Waals surface area contributed by atoms with Crippen molar-refractivity contribution in [3.05, 3.63) is 11.1 Å². The summed E-state index contributed by atoms with van der Waals surface area (Å²) < 4.78 is 11.9. The van der Waals surface area contributed by atoms with E-state index in [4.69, 9.17) is 9.47 Å². The quantitative estimate of drug-likeness (QED) is 0.773. The van der Waals surface area contributed by atoms with Gasteiger partial charge in [-0.2, -0.15) is 0 Å². The maximum absolute atomic E-state index is 13.3. The molecule has 0 bridgehead atoms. The molecule has 0 aromatic carbocycles. The van der Waals surface area contributed by atoms with Crippen molar-refractivity contribution in [2.45, 2.75) is 76.4 Å². The molecule has 0 amide bonds. The van der Waals surface area contributed by atoms with Crippen molar-refractivity contribution in [3.8, 4) is 0 Å². The molecule has 6 heteroatoms. The number of rotatable bonds is 2. The number of ketones is 2. The zero-order valence-electron chi connectivity index (χ0n) is 17.4. The van der Waals surface area contributed by atoms with Crippen LogP contribution in [0.5, 0.6) is 0 Å². The van der Waals surface area contributed by atoms with Crippen LogP contribution in [0.3, 0.4) is 0 Å². The van der Waals surface area contributed by atoms with Gasteiger partial charge >= 0.3 is 0 Å². The number of nitrogens with zero attached hydrogens (tertiary/aromatic N) is 1. The van der Waals surface area contributed by atoms with Crippen LogP contribution in [0.25, 0.3) is 0 Å². The van der Waals surface area contributed by atoms with Gasteiger partial charge in [-0.1, -0.05) is 0 Å². The molecule has 0 spiro atoms. The Morgan fingerprint density at radius 2 is 1.82 bits per heavy atom. The summed E-state index contributed by atoms with van der Waals surface area (Å²) in [6.45, 7) is 4.40. The number of carbonyl (C=O) groups is 2. The smallest absolute Gasteiger partial charge is 0.168 e. The highest BCUT2D eigenvalue weighted by atomic mass is 16.5. The van der Waals surface area contributed by atoms with Crippen LogP contribution in [-0.2, 0) is 19.1 Å². The Morgan fingerprint density at radius 1 is 1.07 bits per heavy atom. The van der Waals surface area contributed by atoms with Crippen LogP contribution in [0.4, 0.5) is 0 Å². The van der Waals surface area contributed by atoms with Crippen molar-refractivity contribution in [1.29, 1.82) is 0 Å². The number of carbonyl (C=O) groups excluding carboxylic acids is 2. The van der Waals surface area contributed by atoms with Crippen molar-refractivity contribution in [1.82, 2.24) is 4.90 Å². The van der Waals surface area contributed by atoms with Gasteiger partial charge in [-0.3, -0.25) is 9.59 Å². The van der Waals surface area contributed by atoms with E-state index in [0.29, 0.717) is 36.6 Å². The highest BCUT2D eigenvalue weighted by molar-refractivity contribution is 6.14. The third-order valence-corrected chi connectivity index (χ3v) is 7.43. The fraction of sp³-hybridized carbons (Fsp3) is 0.818. The average Bonchev–Trinajstić information content (AvgIpc) is 2.65. The summed E-state index contributed by atoms with van der Waals surface area (Å²) in [5.74, 6) is -1.14. The zero-order chi connectivity index (χ0) is 20.2. The molecule has 2 fully saturated rings. The van der Waals surface area contributed by atoms with Gasteiger partial charge in [0.15, 0.2) is 11.6 Å². The first kappa shape index (κ1) is 20.2. The first-order valence-corrected chi connectivity index (χ1v) is 10.7. The summed E-state index contributed by atoms with van der Waals surface area (Å²) in [5.41, 5.74) is 1.17. The molecule has 0 radical (unpaired) electrons. The van der Waals surface area contributed by atoms with Crippen molar-refractivity contribution >= 4 is 11.6 Å². The Morgan fingerprint density at radius 3 is 2.54 bits per heavy atom. The van der Waals surface area contributed by atoms with Crippen LogP contribution in [0.2, 0.25) is 0 Å². The molecule has 2 aliphatic heterocycles. The second-order valence-corrected chi connectivity index (χ2v) is 9.32. The second-order valence-electron chi connectivity index (χ2n) is 9.32. The monoisotopic (exact) mass is 391 g/mol. The minimum Gasteiger partial charge on any atom is -0.392 e. The third kappa shape index (κ3) is 3.28. The molecule has 156 valence electrons. The topological polar surface area (TPSA) is 76.1 Å². The van der Waals surface area contributed by atoms with Crippen molar-refractivity contribution < 1.29 is 24.2 Å². The number of hydrogen-bond donors (Lipinski definition) is 1. The van der Waals surface area contributed by atoms with E-state index in [-0.39, 0.29) is 41.7 Å². The number of ether oxygens (including phenoxy) is 2. The van der Waals surface area contributed by atoms with Crippen LogP contribution in [0.1, 0.15) is 46.0 Å². The van der Waals surface area contributed by atoms with E-state index in [0.717, 1.165) is 19.3 Å². The summed E-state index contributed by atoms with van der Waals surface area (Å²) in [6.07, 6.45) is 2.58. The van der Waals surface area contributed by atoms with E-state index >= 15 is 0 Å². The van der Waals surface area contributed by atoms with Crippen LogP contribution < -0.4 is 0 Å². The van der Waals surface area contributed by atoms with E-state index in [2.05, 4.69) is 25.9 Å². The second kappa shape index (κ2) is 7.63. The first-order chi connectivity index (χ1) is 13.3. The summed E-state index contributed by atoms with van der Waals surface area (Å²) in [5, 5.41) is 11.3. The van der Waals surface area contributed by atoms with Gasteiger partial charge in [-0.05, 0) is 60.0 Å². The van der Waals surface area contributed by atoms with E-state index in [1.807, 2.05) is 6.92 Å². The Hall–Kier alpha value is -1.08. The predicted molar refractivity (Wildman–Crippen MR) is 104 cm³/mol. The lowest BCUT2D eigenvalue weighted by Crippen LogP contribution is -2.56. The van der Waals surface area contributed by atoms with E-state index in [9.17, 15) is 14.7 Å². The molecule has 8 atom stereocenters. The highest BCUT2D eigenvalue weighted by Crippen LogP contribution is 2.46. The van der Waals surface area contributed by atoms with Gasteiger partial charge < -0.3 is 19.5 Å². The molecular weight excluding hydrogens is 358 g/mol. The average molecular weight is 392 g/mol. The fourth-order valence-corrected chi connectivity index (χ4v) is 5.93. The van der Waals surface area contributed by atoms with Gasteiger partial charge in [0.1, 0.15) is 0 Å². The number of aliphatic hydroxyl groups excluding tert-OH is 1. The molecule has 1 saturated heterocycles. The van der Waals surface area contributed by atoms with Gasteiger partial charge in [0.05, 0.1) is 36.9 Å². The molecule has 2 aliphatic carbocycles. The molecule has 0 aromatic rings. The summed E-state index contributed by atoms with van der Waals surface area (Å²) in [4.78, 5) is 28.6. The molecule has 28 heavy (non-hydrogen) atoms. The lowest BCUT2D eigenvalue weighted by molar-refractivity contribution is -0.158. The summed E-state index contributed by atoms with van der Waals surface area (Å²) in [7, 11) is 4.16. The molecule has 0 aromatic heterocycles. The lowest BCUT2D eigenvalue weighted by Gasteiger charge is -2.48. The van der Waals surface area contributed by atoms with Crippen molar-refractivity contribution in [2.24, 2.45) is 17.8 Å². The lowest BCUT2D eigenvalue weighted by atomic mass is 9.60. The predicted octanol–water partition coefficient (Wildman–Crippen LogP) is 1.74. The van der Waals surface area contributed by atoms with Crippen molar-refractivity contribution in [2.75, 3.05) is 20.7 Å². The Labute approximate surface area is 167 Å². The minimum atomic E-state index is -0.837. The molecule has 4 aliphatic rings. The largest absolute Gasteiger partial charge is 0.392 e. The number of aliphatic hydroxyl groups is 1. The SMILES string of the molecule is CC1C[C@H](N(C)C)CC(C2CCC3C(=O)C4=C(C(=O)C3C2O)C(C)OCC4)O1. The molecule has 2 heterocycles. The molecule has 7 unspecified atom stereocenters. The molecule has 4 rings (SSSR count). The Kier molecular flexibility index (Phi) is 5.51. The van der Waals surface area contributed by atoms with Crippen molar-refractivity contribution in [3.63, 3.8) is 0 Å². The minimum absolute atomic E-state index is 0.0661. The van der Waals surface area contributed by atoms with E-state index in [1.54, 1.807) is 0 Å². The standard InChI is InChI=1S/C22H33NO5/c1-11-9-13(23(3)4)10-17(28-11)14-5-6-15-19(21(14)25)22(26)18-12(2)27-8-7-16(18)20(15)24/h11-15,17,19,21,25H,5-10H2,1-4H3/t11?,12?,13-,14?,15?,17?,19?,21?/m0/s1. The zero-order valence-corrected chi connectivity index (χ0v) is 17.4. The van der Waals surface area contributed by atoms with Gasteiger partial charge in [-0.15, -0.1) is 0 Å². The number of fused-ring (bicyclic) bond motifs is 1. The first-order valence-electron chi connectivity index (χ1n) is 10.7. The molecule has 1 N–H and O–H groups in total. The van der Waals surface area contributed by atoms with E-state index in [1.165, 1.54) is 0 Å². The Bertz CT molecular complexity index is 686. The van der Waals surface area contributed by atoms with Gasteiger partial charge in [0, 0.05) is 29.0 Å². The number of Topliss-reactive ketones (excluding diaryl/α,β-unsaturated/α-hetero) is 2. The number of hydrogen-bond acceptors (Lipinski definition) is 6. The van der Waals surface area contributed by atoms with Crippen LogP contribution in [-0.4, -0.2) is 72.7 Å². The highest BCUT2D eigenvalue weighted by Gasteiger charge is 2.54. The van der Waals surface area contributed by atoms with Gasteiger partial charge in [-0.25, -0.2) is 0 Å².